The number of hydrogen-bond acceptors (Lipinski definition) is 8. The highest BCUT2D eigenvalue weighted by Gasteiger charge is 2.51. The number of halogens is 1. The third kappa shape index (κ3) is 6.07. The van der Waals surface area contributed by atoms with E-state index in [0.29, 0.717) is 29.6 Å². The van der Waals surface area contributed by atoms with Crippen LogP contribution in [0.25, 0.3) is 11.0 Å². The van der Waals surface area contributed by atoms with Crippen molar-refractivity contribution in [2.75, 3.05) is 13.7 Å². The number of alkyl carbamates (subject to hydrolysis) is 1. The number of fused-ring (bicyclic) bond motifs is 5. The summed E-state index contributed by atoms with van der Waals surface area (Å²) in [5, 5.41) is 12.9. The summed E-state index contributed by atoms with van der Waals surface area (Å²) in [6.45, 7) is 6.94. The number of carboxylic acid groups (broad SMARTS) is 1. The van der Waals surface area contributed by atoms with Crippen molar-refractivity contribution in [3.8, 4) is 11.6 Å². The van der Waals surface area contributed by atoms with E-state index in [1.807, 2.05) is 0 Å². The molecule has 12 heteroatoms. The van der Waals surface area contributed by atoms with E-state index in [0.717, 1.165) is 12.8 Å². The number of carbonyl (C=O) groups excluding carboxylic acids is 2. The Bertz CT molecular complexity index is 1370. The first-order valence-electron chi connectivity index (χ1n) is 14.5. The van der Waals surface area contributed by atoms with Gasteiger partial charge in [-0.3, -0.25) is 4.79 Å². The van der Waals surface area contributed by atoms with Crippen LogP contribution < -0.4 is 14.8 Å². The van der Waals surface area contributed by atoms with Gasteiger partial charge >= 0.3 is 12.1 Å². The summed E-state index contributed by atoms with van der Waals surface area (Å²) in [5.74, 6) is -1.75. The summed E-state index contributed by atoms with van der Waals surface area (Å²) < 4.78 is 32.9. The van der Waals surface area contributed by atoms with Crippen molar-refractivity contribution in [1.29, 1.82) is 0 Å². The van der Waals surface area contributed by atoms with Crippen LogP contribution in [0.4, 0.5) is 9.18 Å². The van der Waals surface area contributed by atoms with E-state index in [1.165, 1.54) is 12.0 Å². The van der Waals surface area contributed by atoms with E-state index >= 15 is 4.39 Å². The Balaban J connectivity index is 1.54. The lowest BCUT2D eigenvalue weighted by Gasteiger charge is -2.34. The number of carboxylic acids is 1. The number of amides is 2. The summed E-state index contributed by atoms with van der Waals surface area (Å²) in [5.41, 5.74) is 0.211. The first-order valence-corrected chi connectivity index (χ1v) is 14.5. The number of alkyl halides is 1. The molecule has 1 aliphatic carbocycles. The molecule has 42 heavy (non-hydrogen) atoms. The van der Waals surface area contributed by atoms with E-state index < -0.39 is 53.7 Å². The van der Waals surface area contributed by atoms with Gasteiger partial charge in [0.1, 0.15) is 41.9 Å². The maximum Gasteiger partial charge on any atom is 0.408 e. The Morgan fingerprint density at radius 2 is 1.86 bits per heavy atom. The predicted octanol–water partition coefficient (Wildman–Crippen LogP) is 4.43. The van der Waals surface area contributed by atoms with Crippen LogP contribution in [0.15, 0.2) is 18.2 Å². The molecule has 5 rings (SSSR count). The standard InChI is InChI=1S/C30H39FN4O7/c1-15-22-14-35(24(15)28(37)38)27(36)25(30(2,3)4)34-29(39)42-21-12-16(21)8-6-7-9-18(31)23-26(41-22)33-20-13-17(40-5)10-11-19(20)32-23/h10-11,13,15-16,18,21-22,24-25H,6-9,12,14H2,1-5H3,(H,34,39)(H,37,38)/t15-,16?,18?,21-,22+,24+,25-/m1/s1. The average molecular weight is 587 g/mol. The van der Waals surface area contributed by atoms with Gasteiger partial charge in [-0.05, 0) is 42.7 Å². The van der Waals surface area contributed by atoms with Crippen LogP contribution in [0.2, 0.25) is 0 Å². The predicted molar refractivity (Wildman–Crippen MR) is 150 cm³/mol. The summed E-state index contributed by atoms with van der Waals surface area (Å²) in [7, 11) is 1.53. The topological polar surface area (TPSA) is 140 Å². The van der Waals surface area contributed by atoms with Crippen LogP contribution in [0.5, 0.6) is 11.6 Å². The Morgan fingerprint density at radius 1 is 1.12 bits per heavy atom. The fourth-order valence-corrected chi connectivity index (χ4v) is 5.92. The van der Waals surface area contributed by atoms with Crippen molar-refractivity contribution in [3.63, 3.8) is 0 Å². The Hall–Kier alpha value is -3.70. The second-order valence-corrected chi connectivity index (χ2v) is 12.7. The van der Waals surface area contributed by atoms with E-state index in [1.54, 1.807) is 45.9 Å². The number of benzene rings is 1. The van der Waals surface area contributed by atoms with Gasteiger partial charge in [0.15, 0.2) is 0 Å². The highest BCUT2D eigenvalue weighted by atomic mass is 19.1. The van der Waals surface area contributed by atoms with Gasteiger partial charge in [0.05, 0.1) is 24.7 Å². The lowest BCUT2D eigenvalue weighted by atomic mass is 9.85. The number of nitrogens with one attached hydrogen (secondary N) is 1. The van der Waals surface area contributed by atoms with Crippen molar-refractivity contribution in [1.82, 2.24) is 20.2 Å². The minimum absolute atomic E-state index is 0.0315. The zero-order chi connectivity index (χ0) is 30.3. The van der Waals surface area contributed by atoms with Crippen LogP contribution in [0.3, 0.4) is 0 Å². The molecule has 2 unspecified atom stereocenters. The molecule has 1 saturated heterocycles. The number of aliphatic carboxylic acids is 1. The summed E-state index contributed by atoms with van der Waals surface area (Å²) in [4.78, 5) is 49.6. The summed E-state index contributed by atoms with van der Waals surface area (Å²) in [6, 6.07) is 2.80. The number of aromatic nitrogens is 2. The average Bonchev–Trinajstić information content (AvgIpc) is 3.58. The molecule has 2 aliphatic heterocycles. The Morgan fingerprint density at radius 3 is 2.55 bits per heavy atom. The molecule has 2 fully saturated rings. The van der Waals surface area contributed by atoms with Crippen molar-refractivity contribution in [2.45, 2.75) is 90.3 Å². The molecule has 3 heterocycles. The molecule has 0 spiro atoms. The third-order valence-electron chi connectivity index (χ3n) is 8.53. The molecule has 228 valence electrons. The van der Waals surface area contributed by atoms with Gasteiger partial charge in [-0.15, -0.1) is 0 Å². The van der Waals surface area contributed by atoms with Gasteiger partial charge in [-0.1, -0.05) is 40.5 Å². The van der Waals surface area contributed by atoms with Gasteiger partial charge in [-0.25, -0.2) is 23.9 Å². The van der Waals surface area contributed by atoms with E-state index in [2.05, 4.69) is 15.3 Å². The van der Waals surface area contributed by atoms with Gasteiger partial charge in [-0.2, -0.15) is 0 Å². The number of nitrogens with zero attached hydrogens (tertiary/aromatic N) is 3. The maximum atomic E-state index is 15.8. The fourth-order valence-electron chi connectivity index (χ4n) is 5.92. The number of carbonyl (C=O) groups is 3. The molecule has 3 aliphatic rings. The molecule has 1 aromatic carbocycles. The third-order valence-corrected chi connectivity index (χ3v) is 8.53. The van der Waals surface area contributed by atoms with Crippen LogP contribution in [0, 0.1) is 17.3 Å². The number of rotatable bonds is 2. The molecule has 0 radical (unpaired) electrons. The maximum absolute atomic E-state index is 15.8. The van der Waals surface area contributed by atoms with Crippen molar-refractivity contribution in [2.24, 2.45) is 17.3 Å². The van der Waals surface area contributed by atoms with Crippen LogP contribution in [-0.4, -0.2) is 75.9 Å². The molecule has 7 atom stereocenters. The molecular formula is C30H39FN4O7. The first-order chi connectivity index (χ1) is 19.9. The summed E-state index contributed by atoms with van der Waals surface area (Å²) >= 11 is 0. The van der Waals surface area contributed by atoms with E-state index in [-0.39, 0.29) is 36.6 Å². The van der Waals surface area contributed by atoms with E-state index in [9.17, 15) is 19.5 Å². The largest absolute Gasteiger partial charge is 0.497 e. The normalized spacial score (nSPS) is 30.6. The molecular weight excluding hydrogens is 547 g/mol. The Labute approximate surface area is 244 Å². The molecule has 1 saturated carbocycles. The second-order valence-electron chi connectivity index (χ2n) is 12.7. The smallest absolute Gasteiger partial charge is 0.408 e. The van der Waals surface area contributed by atoms with Crippen LogP contribution >= 0.6 is 0 Å². The molecule has 2 N–H and O–H groups in total. The minimum atomic E-state index is -1.47. The van der Waals surface area contributed by atoms with Crippen molar-refractivity contribution < 1.29 is 38.1 Å². The number of hydrogen-bond donors (Lipinski definition) is 2. The summed E-state index contributed by atoms with van der Waals surface area (Å²) in [6.07, 6.45) is -0.224. The number of ether oxygens (including phenoxy) is 3. The van der Waals surface area contributed by atoms with Gasteiger partial charge in [0.25, 0.3) is 0 Å². The Kier molecular flexibility index (Phi) is 8.17. The van der Waals surface area contributed by atoms with Crippen LogP contribution in [0.1, 0.15) is 71.7 Å². The quantitative estimate of drug-likeness (QED) is 0.523. The molecule has 2 aromatic rings. The van der Waals surface area contributed by atoms with Crippen LogP contribution in [-0.2, 0) is 14.3 Å². The minimum Gasteiger partial charge on any atom is -0.497 e. The SMILES string of the molecule is COc1ccc2nc3c(nc2c1)O[C@H]1CN(C(=O)[C@H](C(C)(C)C)NC(=O)O[C@@H]2CC2CCCCC3F)[C@H](C(=O)O)[C@@H]1C. The lowest BCUT2D eigenvalue weighted by molar-refractivity contribution is -0.151. The zero-order valence-electron chi connectivity index (χ0n) is 24.6. The first kappa shape index (κ1) is 29.8. The lowest BCUT2D eigenvalue weighted by Crippen LogP contribution is -2.57. The van der Waals surface area contributed by atoms with Gasteiger partial charge < -0.3 is 29.5 Å². The second kappa shape index (κ2) is 11.5. The van der Waals surface area contributed by atoms with Gasteiger partial charge in [0.2, 0.25) is 11.8 Å². The van der Waals surface area contributed by atoms with Crippen molar-refractivity contribution in [3.05, 3.63) is 23.9 Å². The van der Waals surface area contributed by atoms with Crippen molar-refractivity contribution >= 4 is 29.0 Å². The highest BCUT2D eigenvalue weighted by Crippen LogP contribution is 2.40. The van der Waals surface area contributed by atoms with E-state index in [4.69, 9.17) is 14.2 Å². The molecule has 2 bridgehead atoms. The zero-order valence-corrected chi connectivity index (χ0v) is 24.6. The molecule has 1 aromatic heterocycles. The number of methoxy groups -OCH3 is 1. The monoisotopic (exact) mass is 586 g/mol. The molecule has 11 nitrogen and oxygen atoms in total. The van der Waals surface area contributed by atoms with Gasteiger partial charge in [0, 0.05) is 12.0 Å². The highest BCUT2D eigenvalue weighted by molar-refractivity contribution is 5.90. The molecule has 2 amide bonds. The fraction of sp³-hybridized carbons (Fsp3) is 0.633.